The molecule has 2 aromatic rings. The van der Waals surface area contributed by atoms with Crippen LogP contribution in [0.3, 0.4) is 0 Å². The number of rotatable bonds is 6. The molecule has 0 atom stereocenters. The van der Waals surface area contributed by atoms with Crippen molar-refractivity contribution in [3.05, 3.63) is 53.9 Å². The Hall–Kier alpha value is -1.65. The highest BCUT2D eigenvalue weighted by Crippen LogP contribution is 2.12. The molecule has 1 aromatic heterocycles. The van der Waals surface area contributed by atoms with E-state index in [1.54, 1.807) is 6.20 Å². The number of aromatic amines is 1. The lowest BCUT2D eigenvalue weighted by Crippen LogP contribution is -2.38. The normalized spacial score (nSPS) is 12.0. The van der Waals surface area contributed by atoms with E-state index in [4.69, 9.17) is 0 Å². The summed E-state index contributed by atoms with van der Waals surface area (Å²) in [7, 11) is 0. The monoisotopic (exact) mass is 259 g/mol. The van der Waals surface area contributed by atoms with Gasteiger partial charge in [-0.1, -0.05) is 30.3 Å². The van der Waals surface area contributed by atoms with Crippen LogP contribution in [-0.4, -0.2) is 32.3 Å². The summed E-state index contributed by atoms with van der Waals surface area (Å²) in [5, 5.41) is 17.0. The predicted molar refractivity (Wildman–Crippen MR) is 75.4 cm³/mol. The van der Waals surface area contributed by atoms with Crippen molar-refractivity contribution in [3.8, 4) is 0 Å². The molecule has 0 aliphatic heterocycles. The molecule has 0 radical (unpaired) electrons. The summed E-state index contributed by atoms with van der Waals surface area (Å²) in [5.41, 5.74) is 1.58. The van der Waals surface area contributed by atoms with Crippen molar-refractivity contribution in [2.24, 2.45) is 0 Å². The third-order valence-electron chi connectivity index (χ3n) is 2.81. The Labute approximate surface area is 114 Å². The molecule has 1 heterocycles. The van der Waals surface area contributed by atoms with E-state index < -0.39 is 5.60 Å². The van der Waals surface area contributed by atoms with Crippen LogP contribution >= 0.6 is 0 Å². The molecule has 4 nitrogen and oxygen atoms in total. The predicted octanol–water partition coefficient (Wildman–Crippen LogP) is 2.18. The Morgan fingerprint density at radius 3 is 2.47 bits per heavy atom. The number of hydrogen-bond acceptors (Lipinski definition) is 3. The topological polar surface area (TPSA) is 52.1 Å². The average Bonchev–Trinajstić information content (AvgIpc) is 2.81. The van der Waals surface area contributed by atoms with Crippen LogP contribution in [0.1, 0.15) is 25.1 Å². The van der Waals surface area contributed by atoms with Crippen LogP contribution in [0.4, 0.5) is 0 Å². The van der Waals surface area contributed by atoms with Gasteiger partial charge in [0.1, 0.15) is 0 Å². The van der Waals surface area contributed by atoms with E-state index in [2.05, 4.69) is 27.2 Å². The summed E-state index contributed by atoms with van der Waals surface area (Å²) in [6.45, 7) is 5.83. The smallest absolute Gasteiger partial charge is 0.0718 e. The standard InChI is InChI=1S/C15H21N3O/c1-15(2,19)12-18(11-14-8-9-16-17-14)10-13-6-4-3-5-7-13/h3-9,19H,10-12H2,1-2H3,(H,16,17). The van der Waals surface area contributed by atoms with Crippen molar-refractivity contribution in [3.63, 3.8) is 0 Å². The third kappa shape index (κ3) is 4.85. The lowest BCUT2D eigenvalue weighted by Gasteiger charge is -2.28. The summed E-state index contributed by atoms with van der Waals surface area (Å²) in [6, 6.07) is 12.2. The zero-order chi connectivity index (χ0) is 13.7. The summed E-state index contributed by atoms with van der Waals surface area (Å²) in [5.74, 6) is 0. The van der Waals surface area contributed by atoms with Crippen molar-refractivity contribution in [2.75, 3.05) is 6.54 Å². The molecule has 4 heteroatoms. The van der Waals surface area contributed by atoms with Crippen molar-refractivity contribution in [2.45, 2.75) is 32.5 Å². The number of aliphatic hydroxyl groups is 1. The van der Waals surface area contributed by atoms with Crippen LogP contribution in [-0.2, 0) is 13.1 Å². The second kappa shape index (κ2) is 5.99. The van der Waals surface area contributed by atoms with Gasteiger partial charge in [0.15, 0.2) is 0 Å². The van der Waals surface area contributed by atoms with Gasteiger partial charge in [-0.05, 0) is 25.5 Å². The first kappa shape index (κ1) is 13.8. The molecule has 0 bridgehead atoms. The zero-order valence-corrected chi connectivity index (χ0v) is 11.5. The number of benzene rings is 1. The molecule has 2 rings (SSSR count). The molecular weight excluding hydrogens is 238 g/mol. The molecule has 2 N–H and O–H groups in total. The Kier molecular flexibility index (Phi) is 4.35. The number of aromatic nitrogens is 2. The molecule has 0 saturated carbocycles. The molecule has 1 aromatic carbocycles. The Bertz CT molecular complexity index is 474. The average molecular weight is 259 g/mol. The molecule has 0 saturated heterocycles. The fraction of sp³-hybridized carbons (Fsp3) is 0.400. The molecule has 0 spiro atoms. The van der Waals surface area contributed by atoms with E-state index in [1.807, 2.05) is 38.1 Å². The molecule has 0 fully saturated rings. The lowest BCUT2D eigenvalue weighted by molar-refractivity contribution is 0.0303. The van der Waals surface area contributed by atoms with Crippen LogP contribution in [0.25, 0.3) is 0 Å². The second-order valence-electron chi connectivity index (χ2n) is 5.53. The van der Waals surface area contributed by atoms with Crippen LogP contribution in [0.15, 0.2) is 42.6 Å². The van der Waals surface area contributed by atoms with Gasteiger partial charge in [0.25, 0.3) is 0 Å². The second-order valence-corrected chi connectivity index (χ2v) is 5.53. The van der Waals surface area contributed by atoms with Crippen molar-refractivity contribution >= 4 is 0 Å². The lowest BCUT2D eigenvalue weighted by atomic mass is 10.1. The Morgan fingerprint density at radius 1 is 1.16 bits per heavy atom. The molecule has 0 aliphatic carbocycles. The largest absolute Gasteiger partial charge is 0.389 e. The minimum absolute atomic E-state index is 0.612. The quantitative estimate of drug-likeness (QED) is 0.836. The van der Waals surface area contributed by atoms with Crippen LogP contribution in [0, 0.1) is 0 Å². The zero-order valence-electron chi connectivity index (χ0n) is 11.5. The van der Waals surface area contributed by atoms with Crippen LogP contribution in [0.5, 0.6) is 0 Å². The summed E-state index contributed by atoms with van der Waals surface area (Å²) in [4.78, 5) is 2.21. The molecule has 19 heavy (non-hydrogen) atoms. The van der Waals surface area contributed by atoms with Crippen molar-refractivity contribution < 1.29 is 5.11 Å². The van der Waals surface area contributed by atoms with E-state index in [9.17, 15) is 5.11 Å². The van der Waals surface area contributed by atoms with Crippen LogP contribution < -0.4 is 0 Å². The Morgan fingerprint density at radius 2 is 1.89 bits per heavy atom. The number of nitrogens with one attached hydrogen (secondary N) is 1. The Balaban J connectivity index is 2.05. The third-order valence-corrected chi connectivity index (χ3v) is 2.81. The van der Waals surface area contributed by atoms with Gasteiger partial charge in [-0.3, -0.25) is 10.00 Å². The molecule has 0 amide bonds. The summed E-state index contributed by atoms with van der Waals surface area (Å²) >= 11 is 0. The SMILES string of the molecule is CC(C)(O)CN(Cc1ccccc1)Cc1ccn[nH]1. The van der Waals surface area contributed by atoms with Gasteiger partial charge < -0.3 is 5.11 Å². The fourth-order valence-electron chi connectivity index (χ4n) is 2.17. The maximum atomic E-state index is 10.0. The summed E-state index contributed by atoms with van der Waals surface area (Å²) < 4.78 is 0. The van der Waals surface area contributed by atoms with Gasteiger partial charge in [0.2, 0.25) is 0 Å². The van der Waals surface area contributed by atoms with Crippen LogP contribution in [0.2, 0.25) is 0 Å². The highest BCUT2D eigenvalue weighted by atomic mass is 16.3. The van der Waals surface area contributed by atoms with E-state index in [-0.39, 0.29) is 0 Å². The fourth-order valence-corrected chi connectivity index (χ4v) is 2.17. The van der Waals surface area contributed by atoms with Gasteiger partial charge >= 0.3 is 0 Å². The minimum Gasteiger partial charge on any atom is -0.389 e. The maximum Gasteiger partial charge on any atom is 0.0718 e. The van der Waals surface area contributed by atoms with E-state index in [0.29, 0.717) is 6.54 Å². The molecule has 0 aliphatic rings. The maximum absolute atomic E-state index is 10.0. The number of hydrogen-bond donors (Lipinski definition) is 2. The van der Waals surface area contributed by atoms with Crippen molar-refractivity contribution in [1.29, 1.82) is 0 Å². The number of H-pyrrole nitrogens is 1. The summed E-state index contributed by atoms with van der Waals surface area (Å²) in [6.07, 6.45) is 1.75. The van der Waals surface area contributed by atoms with Gasteiger partial charge in [-0.15, -0.1) is 0 Å². The first-order chi connectivity index (χ1) is 9.03. The minimum atomic E-state index is -0.713. The molecule has 102 valence electrons. The first-order valence-corrected chi connectivity index (χ1v) is 6.50. The first-order valence-electron chi connectivity index (χ1n) is 6.50. The van der Waals surface area contributed by atoms with E-state index in [0.717, 1.165) is 18.8 Å². The molecular formula is C15H21N3O. The highest BCUT2D eigenvalue weighted by Gasteiger charge is 2.19. The molecule has 0 unspecified atom stereocenters. The van der Waals surface area contributed by atoms with Crippen molar-refractivity contribution in [1.82, 2.24) is 15.1 Å². The van der Waals surface area contributed by atoms with E-state index in [1.165, 1.54) is 5.56 Å². The van der Waals surface area contributed by atoms with Gasteiger partial charge in [0, 0.05) is 31.5 Å². The number of nitrogens with zero attached hydrogens (tertiary/aromatic N) is 2. The van der Waals surface area contributed by atoms with Gasteiger partial charge in [0.05, 0.1) is 5.60 Å². The van der Waals surface area contributed by atoms with Gasteiger partial charge in [-0.2, -0.15) is 5.10 Å². The van der Waals surface area contributed by atoms with Gasteiger partial charge in [-0.25, -0.2) is 0 Å². The highest BCUT2D eigenvalue weighted by molar-refractivity contribution is 5.14. The van der Waals surface area contributed by atoms with E-state index >= 15 is 0 Å².